The van der Waals surface area contributed by atoms with Crippen molar-refractivity contribution in [1.82, 2.24) is 5.32 Å². The Hall–Kier alpha value is -1.55. The van der Waals surface area contributed by atoms with Crippen molar-refractivity contribution in [3.8, 4) is 5.75 Å². The first-order valence-electron chi connectivity index (χ1n) is 7.55. The van der Waals surface area contributed by atoms with Crippen molar-refractivity contribution in [1.29, 1.82) is 0 Å². The number of hydrogen-bond acceptors (Lipinski definition) is 3. The number of nitrogens with one attached hydrogen (secondary N) is 1. The Bertz CT molecular complexity index is 511. The van der Waals surface area contributed by atoms with Crippen LogP contribution in [-0.4, -0.2) is 22.7 Å². The fraction of sp³-hybridized carbons (Fsp3) is 0.588. The third kappa shape index (κ3) is 3.97. The lowest BCUT2D eigenvalue weighted by molar-refractivity contribution is -0.140. The van der Waals surface area contributed by atoms with Gasteiger partial charge in [0.15, 0.2) is 0 Å². The lowest BCUT2D eigenvalue weighted by atomic mass is 9.88. The molecule has 1 aromatic rings. The number of ether oxygens (including phenoxy) is 1. The second-order valence-corrected chi connectivity index (χ2v) is 6.84. The van der Waals surface area contributed by atoms with Crippen molar-refractivity contribution >= 4 is 5.97 Å². The molecule has 4 nitrogen and oxygen atoms in total. The normalized spacial score (nSPS) is 21.5. The van der Waals surface area contributed by atoms with E-state index in [9.17, 15) is 9.90 Å². The molecule has 1 heterocycles. The highest BCUT2D eigenvalue weighted by Crippen LogP contribution is 2.39. The van der Waals surface area contributed by atoms with E-state index in [1.54, 1.807) is 0 Å². The highest BCUT2D eigenvalue weighted by molar-refractivity contribution is 5.73. The highest BCUT2D eigenvalue weighted by atomic mass is 16.5. The van der Waals surface area contributed by atoms with E-state index in [1.807, 2.05) is 52.0 Å². The van der Waals surface area contributed by atoms with E-state index in [-0.39, 0.29) is 11.6 Å². The average molecular weight is 291 g/mol. The standard InChI is InChI=1S/C17H25NO3/c1-11(2)9-13(16(19)20)18-14-10-17(3,4)21-15-8-6-5-7-12(14)15/h5-8,11,13-14,18H,9-10H2,1-4H3,(H,19,20). The van der Waals surface area contributed by atoms with Crippen LogP contribution in [0.3, 0.4) is 0 Å². The average Bonchev–Trinajstić information content (AvgIpc) is 2.35. The highest BCUT2D eigenvalue weighted by Gasteiger charge is 2.35. The smallest absolute Gasteiger partial charge is 0.320 e. The summed E-state index contributed by atoms with van der Waals surface area (Å²) < 4.78 is 5.99. The third-order valence-corrected chi connectivity index (χ3v) is 3.78. The van der Waals surface area contributed by atoms with E-state index in [2.05, 4.69) is 5.32 Å². The summed E-state index contributed by atoms with van der Waals surface area (Å²) in [5.74, 6) is 0.395. The van der Waals surface area contributed by atoms with Gasteiger partial charge in [0, 0.05) is 18.0 Å². The molecule has 1 aliphatic heterocycles. The minimum Gasteiger partial charge on any atom is -0.487 e. The van der Waals surface area contributed by atoms with Crippen molar-refractivity contribution < 1.29 is 14.6 Å². The molecule has 0 aromatic heterocycles. The van der Waals surface area contributed by atoms with Crippen molar-refractivity contribution in [2.24, 2.45) is 5.92 Å². The lowest BCUT2D eigenvalue weighted by Crippen LogP contribution is -2.45. The second-order valence-electron chi connectivity index (χ2n) is 6.84. The van der Waals surface area contributed by atoms with E-state index in [1.165, 1.54) is 0 Å². The number of benzene rings is 1. The summed E-state index contributed by atoms with van der Waals surface area (Å²) >= 11 is 0. The van der Waals surface area contributed by atoms with E-state index < -0.39 is 12.0 Å². The first-order valence-corrected chi connectivity index (χ1v) is 7.55. The molecule has 0 fully saturated rings. The van der Waals surface area contributed by atoms with Crippen LogP contribution in [0.25, 0.3) is 0 Å². The van der Waals surface area contributed by atoms with E-state index in [4.69, 9.17) is 4.74 Å². The Labute approximate surface area is 126 Å². The molecule has 2 unspecified atom stereocenters. The number of carboxylic acids is 1. The molecule has 0 spiro atoms. The van der Waals surface area contributed by atoms with Gasteiger partial charge in [0.25, 0.3) is 0 Å². The predicted octanol–water partition coefficient (Wildman–Crippen LogP) is 3.38. The first kappa shape index (κ1) is 15.8. The van der Waals surface area contributed by atoms with Crippen LogP contribution >= 0.6 is 0 Å². The molecular weight excluding hydrogens is 266 g/mol. The number of para-hydroxylation sites is 1. The number of fused-ring (bicyclic) bond motifs is 1. The third-order valence-electron chi connectivity index (χ3n) is 3.78. The van der Waals surface area contributed by atoms with Gasteiger partial charge in [0.05, 0.1) is 0 Å². The molecule has 0 amide bonds. The summed E-state index contributed by atoms with van der Waals surface area (Å²) in [6.07, 6.45) is 1.38. The summed E-state index contributed by atoms with van der Waals surface area (Å²) in [7, 11) is 0. The van der Waals surface area contributed by atoms with Crippen molar-refractivity contribution in [3.63, 3.8) is 0 Å². The fourth-order valence-corrected chi connectivity index (χ4v) is 2.91. The first-order chi connectivity index (χ1) is 9.78. The lowest BCUT2D eigenvalue weighted by Gasteiger charge is -2.39. The molecule has 1 aromatic carbocycles. The predicted molar refractivity (Wildman–Crippen MR) is 82.5 cm³/mol. The van der Waals surface area contributed by atoms with Crippen LogP contribution in [-0.2, 0) is 4.79 Å². The van der Waals surface area contributed by atoms with Gasteiger partial charge < -0.3 is 9.84 Å². The zero-order chi connectivity index (χ0) is 15.6. The Morgan fingerprint density at radius 2 is 2.10 bits per heavy atom. The zero-order valence-electron chi connectivity index (χ0n) is 13.2. The van der Waals surface area contributed by atoms with Crippen molar-refractivity contribution in [3.05, 3.63) is 29.8 Å². The van der Waals surface area contributed by atoms with Gasteiger partial charge in [0.2, 0.25) is 0 Å². The van der Waals surface area contributed by atoms with Gasteiger partial charge in [-0.2, -0.15) is 0 Å². The van der Waals surface area contributed by atoms with Crippen molar-refractivity contribution in [2.75, 3.05) is 0 Å². The Kier molecular flexibility index (Phi) is 4.57. The van der Waals surface area contributed by atoms with Crippen LogP contribution in [0.4, 0.5) is 0 Å². The van der Waals surface area contributed by atoms with Gasteiger partial charge in [-0.3, -0.25) is 10.1 Å². The fourth-order valence-electron chi connectivity index (χ4n) is 2.91. The Balaban J connectivity index is 2.24. The second kappa shape index (κ2) is 6.06. The number of carbonyl (C=O) groups is 1. The maximum absolute atomic E-state index is 11.5. The monoisotopic (exact) mass is 291 g/mol. The zero-order valence-corrected chi connectivity index (χ0v) is 13.2. The van der Waals surface area contributed by atoms with Gasteiger partial charge in [-0.05, 0) is 32.3 Å². The number of carboxylic acid groups (broad SMARTS) is 1. The Morgan fingerprint density at radius 3 is 2.71 bits per heavy atom. The van der Waals surface area contributed by atoms with Crippen LogP contribution in [0.1, 0.15) is 52.1 Å². The SMILES string of the molecule is CC(C)CC(NC1CC(C)(C)Oc2ccccc21)C(=O)O. The molecule has 4 heteroatoms. The van der Waals surface area contributed by atoms with Gasteiger partial charge in [0.1, 0.15) is 17.4 Å². The van der Waals surface area contributed by atoms with Gasteiger partial charge in [-0.25, -0.2) is 0 Å². The molecule has 0 aliphatic carbocycles. The molecule has 2 N–H and O–H groups in total. The molecule has 1 aliphatic rings. The summed E-state index contributed by atoms with van der Waals surface area (Å²) in [5.41, 5.74) is 0.749. The molecule has 2 rings (SSSR count). The van der Waals surface area contributed by atoms with E-state index in [0.29, 0.717) is 12.3 Å². The van der Waals surface area contributed by atoms with Crippen LogP contribution in [0.2, 0.25) is 0 Å². The molecule has 0 saturated carbocycles. The molecule has 116 valence electrons. The largest absolute Gasteiger partial charge is 0.487 e. The van der Waals surface area contributed by atoms with Gasteiger partial charge >= 0.3 is 5.97 Å². The summed E-state index contributed by atoms with van der Waals surface area (Å²) in [5, 5.41) is 12.8. The molecule has 0 bridgehead atoms. The van der Waals surface area contributed by atoms with Gasteiger partial charge in [-0.15, -0.1) is 0 Å². The molecular formula is C17H25NO3. The molecule has 2 atom stereocenters. The molecule has 0 saturated heterocycles. The van der Waals surface area contributed by atoms with Crippen LogP contribution in [0.15, 0.2) is 24.3 Å². The molecule has 0 radical (unpaired) electrons. The summed E-state index contributed by atoms with van der Waals surface area (Å²) in [6.45, 7) is 8.16. The topological polar surface area (TPSA) is 58.6 Å². The maximum atomic E-state index is 11.5. The molecule has 21 heavy (non-hydrogen) atoms. The maximum Gasteiger partial charge on any atom is 0.320 e. The quantitative estimate of drug-likeness (QED) is 0.873. The van der Waals surface area contributed by atoms with Crippen LogP contribution in [0, 0.1) is 5.92 Å². The van der Waals surface area contributed by atoms with E-state index in [0.717, 1.165) is 17.7 Å². The number of rotatable bonds is 5. The summed E-state index contributed by atoms with van der Waals surface area (Å²) in [4.78, 5) is 11.5. The number of aliphatic carboxylic acids is 1. The summed E-state index contributed by atoms with van der Waals surface area (Å²) in [6, 6.07) is 7.34. The van der Waals surface area contributed by atoms with Crippen molar-refractivity contribution in [2.45, 2.75) is 58.2 Å². The minimum absolute atomic E-state index is 0.00444. The van der Waals surface area contributed by atoms with Gasteiger partial charge in [-0.1, -0.05) is 32.0 Å². The van der Waals surface area contributed by atoms with Crippen LogP contribution < -0.4 is 10.1 Å². The Morgan fingerprint density at radius 1 is 1.43 bits per heavy atom. The minimum atomic E-state index is -0.787. The number of hydrogen-bond donors (Lipinski definition) is 2. The van der Waals surface area contributed by atoms with Crippen LogP contribution in [0.5, 0.6) is 5.75 Å². The van der Waals surface area contributed by atoms with E-state index >= 15 is 0 Å².